The summed E-state index contributed by atoms with van der Waals surface area (Å²) in [6.07, 6.45) is -2.03. The molecule has 10 heteroatoms. The van der Waals surface area contributed by atoms with Gasteiger partial charge in [-0.25, -0.2) is 4.98 Å². The molecule has 136 valence electrons. The second kappa shape index (κ2) is 8.07. The summed E-state index contributed by atoms with van der Waals surface area (Å²) in [7, 11) is 3.06. The second-order valence-corrected chi connectivity index (χ2v) is 7.25. The number of anilines is 1. The lowest BCUT2D eigenvalue weighted by molar-refractivity contribution is -0.136. The molecule has 0 radical (unpaired) electrons. The summed E-state index contributed by atoms with van der Waals surface area (Å²) in [6, 6.07) is 0.954. The molecular weight excluding hydrogens is 373 g/mol. The van der Waals surface area contributed by atoms with Crippen LogP contribution in [0.1, 0.15) is 11.3 Å². The summed E-state index contributed by atoms with van der Waals surface area (Å²) in [5, 5.41) is -0.0778. The number of nitrogen functional groups attached to an aromatic ring is 1. The highest BCUT2D eigenvalue weighted by atomic mass is 32.2. The van der Waals surface area contributed by atoms with Crippen LogP contribution in [0.2, 0.25) is 0 Å². The number of allylic oxidation sites excluding steroid dienone is 1. The molecule has 0 aliphatic heterocycles. The number of alkyl halides is 3. The minimum absolute atomic E-state index is 0.0778. The van der Waals surface area contributed by atoms with E-state index in [4.69, 9.17) is 16.2 Å². The topological polar surface area (TPSA) is 86.5 Å². The molecule has 0 atom stereocenters. The van der Waals surface area contributed by atoms with Crippen LogP contribution >= 0.6 is 23.1 Å². The molecular formula is C15H17F3N4OS2. The van der Waals surface area contributed by atoms with Crippen molar-refractivity contribution in [3.8, 4) is 0 Å². The summed E-state index contributed by atoms with van der Waals surface area (Å²) in [5.41, 5.74) is 11.1. The third-order valence-electron chi connectivity index (χ3n) is 3.23. The van der Waals surface area contributed by atoms with Crippen molar-refractivity contribution in [2.24, 2.45) is 10.7 Å². The lowest BCUT2D eigenvalue weighted by Gasteiger charge is -2.11. The molecule has 2 rings (SSSR count). The molecule has 0 aliphatic carbocycles. The summed E-state index contributed by atoms with van der Waals surface area (Å²) in [6.45, 7) is 0.468. The largest absolute Gasteiger partial charge is 0.417 e. The van der Waals surface area contributed by atoms with Crippen molar-refractivity contribution in [1.82, 2.24) is 4.98 Å². The highest BCUT2D eigenvalue weighted by molar-refractivity contribution is 8.01. The number of nitrogens with zero attached hydrogens (tertiary/aromatic N) is 2. The average Bonchev–Trinajstić information content (AvgIpc) is 2.87. The highest BCUT2D eigenvalue weighted by Gasteiger charge is 2.35. The summed E-state index contributed by atoms with van der Waals surface area (Å²) in [4.78, 5) is 8.31. The number of thioether (sulfide) groups is 1. The zero-order chi connectivity index (χ0) is 18.6. The number of methoxy groups -OCH3 is 1. The minimum Gasteiger partial charge on any atom is -0.404 e. The first-order valence-electron chi connectivity index (χ1n) is 7.09. The Morgan fingerprint density at radius 2 is 2.20 bits per heavy atom. The number of thiophene rings is 1. The Morgan fingerprint density at radius 1 is 1.48 bits per heavy atom. The number of fused-ring (bicyclic) bond motifs is 1. The zero-order valence-corrected chi connectivity index (χ0v) is 15.2. The van der Waals surface area contributed by atoms with Crippen LogP contribution in [0.5, 0.6) is 0 Å². The van der Waals surface area contributed by atoms with Gasteiger partial charge in [-0.1, -0.05) is 0 Å². The lowest BCUT2D eigenvalue weighted by atomic mass is 10.1. The van der Waals surface area contributed by atoms with Gasteiger partial charge < -0.3 is 16.2 Å². The van der Waals surface area contributed by atoms with E-state index in [2.05, 4.69) is 9.98 Å². The number of halogens is 3. The standard InChI is InChI=1S/C15H17F3N4OS2/c1-21-7-8(6-19)10-5-9(15(16,17)18)11-12(20)14(24-4-3-23-2)25-13(11)22-10/h5-7H,3-4,19-20H2,1-2H3/b8-6+,21-7?. The number of pyridine rings is 1. The quantitative estimate of drug-likeness (QED) is 0.447. The van der Waals surface area contributed by atoms with Crippen LogP contribution in [0.3, 0.4) is 0 Å². The van der Waals surface area contributed by atoms with Crippen LogP contribution in [0.4, 0.5) is 18.9 Å². The van der Waals surface area contributed by atoms with Gasteiger partial charge in [0.2, 0.25) is 0 Å². The fraction of sp³-hybridized carbons (Fsp3) is 0.333. The van der Waals surface area contributed by atoms with E-state index in [-0.39, 0.29) is 21.6 Å². The second-order valence-electron chi connectivity index (χ2n) is 4.89. The summed E-state index contributed by atoms with van der Waals surface area (Å²) in [5.74, 6) is 0.582. The van der Waals surface area contributed by atoms with Crippen molar-refractivity contribution in [2.45, 2.75) is 10.4 Å². The van der Waals surface area contributed by atoms with E-state index < -0.39 is 11.7 Å². The molecule has 5 nitrogen and oxygen atoms in total. The molecule has 0 saturated heterocycles. The number of hydrogen-bond donors (Lipinski definition) is 2. The van der Waals surface area contributed by atoms with Crippen molar-refractivity contribution in [3.05, 3.63) is 23.5 Å². The summed E-state index contributed by atoms with van der Waals surface area (Å²) >= 11 is 2.47. The maximum absolute atomic E-state index is 13.6. The van der Waals surface area contributed by atoms with Gasteiger partial charge in [0.15, 0.2) is 0 Å². The fourth-order valence-corrected chi connectivity index (χ4v) is 4.40. The number of rotatable bonds is 6. The fourth-order valence-electron chi connectivity index (χ4n) is 2.13. The van der Waals surface area contributed by atoms with Gasteiger partial charge in [0.05, 0.1) is 27.8 Å². The van der Waals surface area contributed by atoms with Gasteiger partial charge in [-0.2, -0.15) is 13.2 Å². The average molecular weight is 390 g/mol. The molecule has 2 aromatic rings. The smallest absolute Gasteiger partial charge is 0.404 e. The molecule has 25 heavy (non-hydrogen) atoms. The van der Waals surface area contributed by atoms with E-state index in [0.717, 1.165) is 17.4 Å². The molecule has 0 aliphatic rings. The summed E-state index contributed by atoms with van der Waals surface area (Å²) < 4.78 is 46.2. The molecule has 0 fully saturated rings. The highest BCUT2D eigenvalue weighted by Crippen LogP contribution is 2.45. The third-order valence-corrected chi connectivity index (χ3v) is 5.58. The Morgan fingerprint density at radius 3 is 2.76 bits per heavy atom. The van der Waals surface area contributed by atoms with Gasteiger partial charge >= 0.3 is 6.18 Å². The Bertz CT molecular complexity index is 815. The van der Waals surface area contributed by atoms with Crippen LogP contribution in [0.25, 0.3) is 15.8 Å². The SMILES string of the molecule is CN=C/C(=C\N)c1cc(C(F)(F)F)c2c(N)c(SCCOC)sc2n1. The first-order valence-corrected chi connectivity index (χ1v) is 8.90. The lowest BCUT2D eigenvalue weighted by Crippen LogP contribution is -2.08. The molecule has 2 heterocycles. The number of ether oxygens (including phenoxy) is 1. The van der Waals surface area contributed by atoms with Gasteiger partial charge in [-0.3, -0.25) is 4.99 Å². The minimum atomic E-state index is -4.57. The molecule has 0 spiro atoms. The molecule has 0 amide bonds. The first-order chi connectivity index (χ1) is 11.8. The van der Waals surface area contributed by atoms with E-state index in [1.165, 1.54) is 31.2 Å². The predicted octanol–water partition coefficient (Wildman–Crippen LogP) is 3.64. The number of nitrogens with two attached hydrogens (primary N) is 2. The molecule has 0 saturated carbocycles. The van der Waals surface area contributed by atoms with Crippen molar-refractivity contribution in [3.63, 3.8) is 0 Å². The Labute approximate surface area is 151 Å². The van der Waals surface area contributed by atoms with Crippen LogP contribution in [0.15, 0.2) is 21.5 Å². The van der Waals surface area contributed by atoms with Crippen LogP contribution in [-0.4, -0.2) is 37.7 Å². The monoisotopic (exact) mass is 390 g/mol. The van der Waals surface area contributed by atoms with Crippen LogP contribution in [-0.2, 0) is 10.9 Å². The predicted molar refractivity (Wildman–Crippen MR) is 98.2 cm³/mol. The Kier molecular flexibility index (Phi) is 6.31. The van der Waals surface area contributed by atoms with Crippen LogP contribution < -0.4 is 11.5 Å². The van der Waals surface area contributed by atoms with Crippen molar-refractivity contribution in [2.75, 3.05) is 32.3 Å². The van der Waals surface area contributed by atoms with E-state index in [9.17, 15) is 13.2 Å². The number of aliphatic imine (C=N–C) groups is 1. The van der Waals surface area contributed by atoms with Gasteiger partial charge in [0.1, 0.15) is 4.83 Å². The van der Waals surface area contributed by atoms with Gasteiger partial charge in [-0.15, -0.1) is 23.1 Å². The van der Waals surface area contributed by atoms with E-state index in [0.29, 0.717) is 22.1 Å². The molecule has 0 unspecified atom stereocenters. The number of aromatic nitrogens is 1. The van der Waals surface area contributed by atoms with E-state index in [1.807, 2.05) is 0 Å². The maximum Gasteiger partial charge on any atom is 0.417 e. The van der Waals surface area contributed by atoms with Gasteiger partial charge in [0.25, 0.3) is 0 Å². The van der Waals surface area contributed by atoms with E-state index >= 15 is 0 Å². The van der Waals surface area contributed by atoms with Crippen molar-refractivity contribution >= 4 is 50.8 Å². The normalized spacial score (nSPS) is 13.2. The van der Waals surface area contributed by atoms with Crippen molar-refractivity contribution < 1.29 is 17.9 Å². The molecule has 4 N–H and O–H groups in total. The van der Waals surface area contributed by atoms with Crippen molar-refractivity contribution in [1.29, 1.82) is 0 Å². The maximum atomic E-state index is 13.6. The van der Waals surface area contributed by atoms with Gasteiger partial charge in [-0.05, 0) is 6.07 Å². The Hall–Kier alpha value is -1.78. The molecule has 0 bridgehead atoms. The van der Waals surface area contributed by atoms with Crippen LogP contribution in [0, 0.1) is 0 Å². The third kappa shape index (κ3) is 4.25. The molecule has 2 aromatic heterocycles. The number of hydrogen-bond acceptors (Lipinski definition) is 7. The molecule has 0 aromatic carbocycles. The van der Waals surface area contributed by atoms with E-state index in [1.54, 1.807) is 7.11 Å². The van der Waals surface area contributed by atoms with Gasteiger partial charge in [0, 0.05) is 43.3 Å². The zero-order valence-electron chi connectivity index (χ0n) is 13.6. The first kappa shape index (κ1) is 19.5. The Balaban J connectivity index is 2.66.